The molecule has 0 spiro atoms. The number of hydrogen-bond acceptors (Lipinski definition) is 3. The van der Waals surface area contributed by atoms with E-state index in [0.29, 0.717) is 0 Å². The molecule has 9 aromatic carbocycles. The normalized spacial score (nSPS) is 11.6. The zero-order valence-electron chi connectivity index (χ0n) is 29.8. The maximum atomic E-state index is 6.91. The fourth-order valence-electron chi connectivity index (χ4n) is 8.26. The molecule has 0 N–H and O–H groups in total. The molecular formula is C52H33NO2. The van der Waals surface area contributed by atoms with Gasteiger partial charge in [0.2, 0.25) is 0 Å². The Morgan fingerprint density at radius 2 is 0.709 bits per heavy atom. The highest BCUT2D eigenvalue weighted by Crippen LogP contribution is 2.49. The van der Waals surface area contributed by atoms with Crippen molar-refractivity contribution >= 4 is 71.7 Å². The lowest BCUT2D eigenvalue weighted by molar-refractivity contribution is 0.665. The molecular weight excluding hydrogens is 671 g/mol. The smallest absolute Gasteiger partial charge is 0.147 e. The largest absolute Gasteiger partial charge is 0.455 e. The number of nitrogens with zero attached hydrogens (tertiary/aromatic N) is 1. The van der Waals surface area contributed by atoms with Crippen LogP contribution in [-0.4, -0.2) is 0 Å². The van der Waals surface area contributed by atoms with E-state index >= 15 is 0 Å². The summed E-state index contributed by atoms with van der Waals surface area (Å²) in [4.78, 5) is 2.36. The van der Waals surface area contributed by atoms with Gasteiger partial charge in [-0.1, -0.05) is 158 Å². The molecule has 0 aliphatic carbocycles. The van der Waals surface area contributed by atoms with Gasteiger partial charge >= 0.3 is 0 Å². The second-order valence-electron chi connectivity index (χ2n) is 14.0. The van der Waals surface area contributed by atoms with E-state index in [2.05, 4.69) is 193 Å². The predicted octanol–water partition coefficient (Wildman–Crippen LogP) is 15.1. The van der Waals surface area contributed by atoms with Gasteiger partial charge in [0.25, 0.3) is 0 Å². The van der Waals surface area contributed by atoms with Crippen LogP contribution in [0.1, 0.15) is 0 Å². The summed E-state index contributed by atoms with van der Waals surface area (Å²) in [5, 5.41) is 6.38. The van der Waals surface area contributed by atoms with Gasteiger partial charge in [0.15, 0.2) is 0 Å². The molecule has 3 heteroatoms. The Bertz CT molecular complexity index is 3160. The minimum atomic E-state index is 0.830. The fraction of sp³-hybridized carbons (Fsp3) is 0. The lowest BCUT2D eigenvalue weighted by Gasteiger charge is -2.27. The van der Waals surface area contributed by atoms with Crippen LogP contribution in [0.4, 0.5) is 17.1 Å². The molecule has 0 atom stereocenters. The molecule has 2 heterocycles. The van der Waals surface area contributed by atoms with Crippen LogP contribution >= 0.6 is 0 Å². The quantitative estimate of drug-likeness (QED) is 0.173. The number of anilines is 3. The summed E-state index contributed by atoms with van der Waals surface area (Å²) < 4.78 is 13.5. The molecule has 0 saturated heterocycles. The van der Waals surface area contributed by atoms with E-state index in [1.165, 1.54) is 27.8 Å². The van der Waals surface area contributed by atoms with Gasteiger partial charge < -0.3 is 13.7 Å². The topological polar surface area (TPSA) is 29.5 Å². The van der Waals surface area contributed by atoms with Crippen molar-refractivity contribution < 1.29 is 8.83 Å². The molecule has 11 rings (SSSR count). The first-order valence-corrected chi connectivity index (χ1v) is 18.7. The summed E-state index contributed by atoms with van der Waals surface area (Å²) in [5.41, 5.74) is 13.7. The predicted molar refractivity (Wildman–Crippen MR) is 229 cm³/mol. The molecule has 0 fully saturated rings. The van der Waals surface area contributed by atoms with E-state index in [1.54, 1.807) is 0 Å². The average Bonchev–Trinajstić information content (AvgIpc) is 3.85. The highest BCUT2D eigenvalue weighted by Gasteiger charge is 2.25. The molecule has 0 aliphatic rings. The second kappa shape index (κ2) is 12.6. The van der Waals surface area contributed by atoms with Gasteiger partial charge in [0.05, 0.1) is 16.5 Å². The van der Waals surface area contributed by atoms with Crippen molar-refractivity contribution in [3.05, 3.63) is 200 Å². The Hall–Kier alpha value is -7.36. The fourth-order valence-corrected chi connectivity index (χ4v) is 8.26. The first-order valence-electron chi connectivity index (χ1n) is 18.7. The molecule has 0 aliphatic heterocycles. The lowest BCUT2D eigenvalue weighted by Crippen LogP contribution is -2.10. The van der Waals surface area contributed by atoms with E-state index in [0.717, 1.165) is 77.3 Å². The number of furan rings is 2. The van der Waals surface area contributed by atoms with Crippen molar-refractivity contribution in [3.63, 3.8) is 0 Å². The highest BCUT2D eigenvalue weighted by atomic mass is 16.3. The molecule has 0 bridgehead atoms. The summed E-state index contributed by atoms with van der Waals surface area (Å²) in [6.45, 7) is 0. The molecule has 11 aromatic rings. The van der Waals surface area contributed by atoms with Gasteiger partial charge in [-0.25, -0.2) is 0 Å². The Morgan fingerprint density at radius 3 is 1.29 bits per heavy atom. The van der Waals surface area contributed by atoms with E-state index in [1.807, 2.05) is 12.1 Å². The van der Waals surface area contributed by atoms with Gasteiger partial charge in [-0.3, -0.25) is 0 Å². The molecule has 258 valence electrons. The zero-order chi connectivity index (χ0) is 36.3. The van der Waals surface area contributed by atoms with Crippen LogP contribution in [0.2, 0.25) is 0 Å². The minimum absolute atomic E-state index is 0.830. The lowest BCUT2D eigenvalue weighted by atomic mass is 9.98. The van der Waals surface area contributed by atoms with Crippen molar-refractivity contribution in [2.24, 2.45) is 0 Å². The molecule has 3 nitrogen and oxygen atoms in total. The van der Waals surface area contributed by atoms with Crippen molar-refractivity contribution in [3.8, 4) is 33.4 Å². The first-order chi connectivity index (χ1) is 27.3. The summed E-state index contributed by atoms with van der Waals surface area (Å²) in [5.74, 6) is 0. The van der Waals surface area contributed by atoms with Crippen LogP contribution in [0, 0.1) is 0 Å². The van der Waals surface area contributed by atoms with E-state index in [4.69, 9.17) is 8.83 Å². The Balaban J connectivity index is 1.12. The second-order valence-corrected chi connectivity index (χ2v) is 14.0. The maximum absolute atomic E-state index is 6.91. The van der Waals surface area contributed by atoms with Gasteiger partial charge in [-0.05, 0) is 81.2 Å². The third kappa shape index (κ3) is 5.13. The molecule has 0 saturated carbocycles. The zero-order valence-corrected chi connectivity index (χ0v) is 29.8. The molecule has 2 aromatic heterocycles. The standard InChI is InChI=1S/C52H33NO2/c1-3-12-34(13-4-1)36-22-24-37(25-23-36)39-28-32-41(33-29-39)53(40-30-26-38(27-31-40)35-14-5-2-6-15-35)45-19-11-21-47-50(45)48-42-16-7-8-17-43(42)51-49(52(48)55-47)44-18-9-10-20-46(44)54-51/h1-33H. The molecule has 0 unspecified atom stereocenters. The van der Waals surface area contributed by atoms with Crippen molar-refractivity contribution in [1.82, 2.24) is 0 Å². The van der Waals surface area contributed by atoms with Gasteiger partial charge in [0.1, 0.15) is 22.3 Å². The van der Waals surface area contributed by atoms with E-state index < -0.39 is 0 Å². The number of hydrogen-bond donors (Lipinski definition) is 0. The van der Waals surface area contributed by atoms with E-state index in [9.17, 15) is 0 Å². The molecule has 0 amide bonds. The van der Waals surface area contributed by atoms with E-state index in [-0.39, 0.29) is 0 Å². The van der Waals surface area contributed by atoms with Crippen LogP contribution in [0.3, 0.4) is 0 Å². The Kier molecular flexibility index (Phi) is 7.17. The number of benzene rings is 9. The highest BCUT2D eigenvalue weighted by molar-refractivity contribution is 6.35. The van der Waals surface area contributed by atoms with Crippen molar-refractivity contribution in [2.45, 2.75) is 0 Å². The summed E-state index contributed by atoms with van der Waals surface area (Å²) in [6, 6.07) is 70.8. The van der Waals surface area contributed by atoms with Crippen molar-refractivity contribution in [1.29, 1.82) is 0 Å². The Labute approximate surface area is 317 Å². The first kappa shape index (κ1) is 31.2. The van der Waals surface area contributed by atoms with Gasteiger partial charge in [-0.2, -0.15) is 0 Å². The van der Waals surface area contributed by atoms with Gasteiger partial charge in [0, 0.05) is 27.5 Å². The van der Waals surface area contributed by atoms with Crippen LogP contribution in [0.15, 0.2) is 209 Å². The number of fused-ring (bicyclic) bond motifs is 10. The summed E-state index contributed by atoms with van der Waals surface area (Å²) in [6.07, 6.45) is 0. The third-order valence-electron chi connectivity index (χ3n) is 10.9. The SMILES string of the molecule is c1ccc(-c2ccc(-c3ccc(N(c4ccc(-c5ccccc5)cc4)c4cccc5oc6c7c8ccccc8oc7c7ccccc7c6c45)cc3)cc2)cc1. The van der Waals surface area contributed by atoms with Crippen LogP contribution in [-0.2, 0) is 0 Å². The molecule has 55 heavy (non-hydrogen) atoms. The summed E-state index contributed by atoms with van der Waals surface area (Å²) in [7, 11) is 0. The Morgan fingerprint density at radius 1 is 0.273 bits per heavy atom. The van der Waals surface area contributed by atoms with Crippen LogP contribution in [0.25, 0.3) is 88.0 Å². The van der Waals surface area contributed by atoms with Gasteiger partial charge in [-0.15, -0.1) is 0 Å². The van der Waals surface area contributed by atoms with Crippen molar-refractivity contribution in [2.75, 3.05) is 4.90 Å². The third-order valence-corrected chi connectivity index (χ3v) is 10.9. The monoisotopic (exact) mass is 703 g/mol. The van der Waals surface area contributed by atoms with Crippen LogP contribution < -0.4 is 4.90 Å². The number of rotatable bonds is 6. The van der Waals surface area contributed by atoms with Crippen LogP contribution in [0.5, 0.6) is 0 Å². The minimum Gasteiger partial charge on any atom is -0.455 e. The molecule has 0 radical (unpaired) electrons. The average molecular weight is 704 g/mol. The number of para-hydroxylation sites is 1. The maximum Gasteiger partial charge on any atom is 0.147 e. The summed E-state index contributed by atoms with van der Waals surface area (Å²) >= 11 is 0.